The van der Waals surface area contributed by atoms with E-state index in [2.05, 4.69) is 17.6 Å². The molecule has 2 N–H and O–H groups in total. The van der Waals surface area contributed by atoms with Gasteiger partial charge in [0, 0.05) is 25.7 Å². The van der Waals surface area contributed by atoms with Crippen LogP contribution in [-0.4, -0.2) is 51.1 Å². The van der Waals surface area contributed by atoms with E-state index in [1.54, 1.807) is 0 Å². The van der Waals surface area contributed by atoms with Crippen LogP contribution in [-0.2, 0) is 9.47 Å². The summed E-state index contributed by atoms with van der Waals surface area (Å²) < 4.78 is 11.2. The summed E-state index contributed by atoms with van der Waals surface area (Å²) in [5.74, 6) is 0. The fraction of sp³-hybridized carbons (Fsp3) is 1.00. The first-order valence-corrected chi connectivity index (χ1v) is 6.55. The van der Waals surface area contributed by atoms with Crippen molar-refractivity contribution >= 4 is 0 Å². The smallest absolute Gasteiger partial charge is 0.0712 e. The van der Waals surface area contributed by atoms with Crippen molar-refractivity contribution in [2.75, 3.05) is 32.8 Å². The second-order valence-electron chi connectivity index (χ2n) is 4.69. The third kappa shape index (κ3) is 3.70. The van der Waals surface area contributed by atoms with E-state index in [9.17, 15) is 0 Å². The van der Waals surface area contributed by atoms with Gasteiger partial charge in [-0.1, -0.05) is 0 Å². The summed E-state index contributed by atoms with van der Waals surface area (Å²) >= 11 is 0. The quantitative estimate of drug-likeness (QED) is 0.695. The topological polar surface area (TPSA) is 42.5 Å². The van der Waals surface area contributed by atoms with Crippen LogP contribution >= 0.6 is 0 Å². The van der Waals surface area contributed by atoms with Gasteiger partial charge in [0.15, 0.2) is 0 Å². The van der Waals surface area contributed by atoms with Crippen molar-refractivity contribution in [1.29, 1.82) is 0 Å². The average Bonchev–Trinajstić information content (AvgIpc) is 2.27. The Balaban J connectivity index is 1.46. The van der Waals surface area contributed by atoms with Gasteiger partial charge in [-0.25, -0.2) is 0 Å². The first kappa shape index (κ1) is 12.3. The third-order valence-corrected chi connectivity index (χ3v) is 3.40. The van der Waals surface area contributed by atoms with E-state index < -0.39 is 0 Å². The molecule has 94 valence electrons. The molecule has 1 aliphatic heterocycles. The summed E-state index contributed by atoms with van der Waals surface area (Å²) in [5, 5.41) is 6.92. The van der Waals surface area contributed by atoms with Gasteiger partial charge in [-0.2, -0.15) is 0 Å². The molecule has 1 unspecified atom stereocenters. The Hall–Kier alpha value is -0.160. The summed E-state index contributed by atoms with van der Waals surface area (Å²) in [7, 11) is 0. The summed E-state index contributed by atoms with van der Waals surface area (Å²) in [6.07, 6.45) is 4.39. The maximum Gasteiger partial charge on any atom is 0.0712 e. The van der Waals surface area contributed by atoms with Crippen LogP contribution < -0.4 is 10.6 Å². The van der Waals surface area contributed by atoms with Crippen LogP contribution in [0.1, 0.15) is 26.2 Å². The van der Waals surface area contributed by atoms with Crippen molar-refractivity contribution in [1.82, 2.24) is 10.6 Å². The molecule has 1 heterocycles. The van der Waals surface area contributed by atoms with Crippen molar-refractivity contribution in [2.45, 2.75) is 44.4 Å². The average molecular weight is 228 g/mol. The van der Waals surface area contributed by atoms with E-state index in [0.29, 0.717) is 18.2 Å². The summed E-state index contributed by atoms with van der Waals surface area (Å²) in [5.41, 5.74) is 0. The lowest BCUT2D eigenvalue weighted by molar-refractivity contribution is -0.0125. The number of nitrogens with one attached hydrogen (secondary N) is 2. The molecule has 0 aromatic heterocycles. The third-order valence-electron chi connectivity index (χ3n) is 3.40. The predicted octanol–water partition coefficient (Wildman–Crippen LogP) is 0.522. The Morgan fingerprint density at radius 3 is 3.00 bits per heavy atom. The molecule has 0 bridgehead atoms. The zero-order valence-electron chi connectivity index (χ0n) is 10.2. The van der Waals surface area contributed by atoms with Crippen molar-refractivity contribution in [3.8, 4) is 0 Å². The van der Waals surface area contributed by atoms with Crippen LogP contribution in [0.5, 0.6) is 0 Å². The molecule has 2 fully saturated rings. The molecule has 0 aromatic carbocycles. The van der Waals surface area contributed by atoms with E-state index in [4.69, 9.17) is 9.47 Å². The van der Waals surface area contributed by atoms with E-state index >= 15 is 0 Å². The molecule has 4 nitrogen and oxygen atoms in total. The highest BCUT2D eigenvalue weighted by Crippen LogP contribution is 2.23. The van der Waals surface area contributed by atoms with E-state index in [-0.39, 0.29) is 0 Å². The number of hydrogen-bond acceptors (Lipinski definition) is 4. The maximum atomic E-state index is 5.64. The minimum Gasteiger partial charge on any atom is -0.378 e. The Kier molecular flexibility index (Phi) is 5.03. The van der Waals surface area contributed by atoms with Gasteiger partial charge in [0.25, 0.3) is 0 Å². The van der Waals surface area contributed by atoms with Crippen molar-refractivity contribution < 1.29 is 9.47 Å². The van der Waals surface area contributed by atoms with Crippen LogP contribution in [0.4, 0.5) is 0 Å². The van der Waals surface area contributed by atoms with Gasteiger partial charge in [-0.15, -0.1) is 0 Å². The van der Waals surface area contributed by atoms with Crippen molar-refractivity contribution in [3.63, 3.8) is 0 Å². The molecule has 0 spiro atoms. The van der Waals surface area contributed by atoms with Gasteiger partial charge < -0.3 is 20.1 Å². The second kappa shape index (κ2) is 6.55. The molecule has 0 amide bonds. The van der Waals surface area contributed by atoms with Crippen molar-refractivity contribution in [2.24, 2.45) is 0 Å². The fourth-order valence-electron chi connectivity index (χ4n) is 2.36. The lowest BCUT2D eigenvalue weighted by Crippen LogP contribution is -2.47. The molecule has 1 saturated carbocycles. The predicted molar refractivity (Wildman–Crippen MR) is 63.7 cm³/mol. The molecule has 4 heteroatoms. The SMILES string of the molecule is CCOC1CC(NCCC2CNCCO2)C1. The van der Waals surface area contributed by atoms with E-state index in [1.807, 2.05) is 0 Å². The van der Waals surface area contributed by atoms with Crippen molar-refractivity contribution in [3.05, 3.63) is 0 Å². The minimum atomic E-state index is 0.406. The van der Waals surface area contributed by atoms with Gasteiger partial charge in [0.1, 0.15) is 0 Å². The van der Waals surface area contributed by atoms with Gasteiger partial charge >= 0.3 is 0 Å². The molecule has 1 aliphatic carbocycles. The van der Waals surface area contributed by atoms with Crippen LogP contribution in [0.3, 0.4) is 0 Å². The van der Waals surface area contributed by atoms with Crippen LogP contribution in [0, 0.1) is 0 Å². The summed E-state index contributed by atoms with van der Waals surface area (Å²) in [6, 6.07) is 0.674. The molecule has 1 atom stereocenters. The van der Waals surface area contributed by atoms with Crippen LogP contribution in [0.15, 0.2) is 0 Å². The highest BCUT2D eigenvalue weighted by molar-refractivity contribution is 4.86. The molecule has 16 heavy (non-hydrogen) atoms. The Bertz CT molecular complexity index is 189. The molecule has 2 rings (SSSR count). The first-order chi connectivity index (χ1) is 7.88. The molecule has 0 radical (unpaired) electrons. The second-order valence-corrected chi connectivity index (χ2v) is 4.69. The highest BCUT2D eigenvalue weighted by Gasteiger charge is 2.28. The van der Waals surface area contributed by atoms with Crippen LogP contribution in [0.2, 0.25) is 0 Å². The maximum absolute atomic E-state index is 5.64. The largest absolute Gasteiger partial charge is 0.378 e. The van der Waals surface area contributed by atoms with E-state index in [0.717, 1.165) is 39.3 Å². The number of ether oxygens (including phenoxy) is 2. The van der Waals surface area contributed by atoms with Gasteiger partial charge in [-0.05, 0) is 32.7 Å². The molecule has 2 aliphatic rings. The lowest BCUT2D eigenvalue weighted by atomic mass is 9.89. The Labute approximate surface area is 98.1 Å². The fourth-order valence-corrected chi connectivity index (χ4v) is 2.36. The van der Waals surface area contributed by atoms with E-state index in [1.165, 1.54) is 12.8 Å². The van der Waals surface area contributed by atoms with Gasteiger partial charge in [-0.3, -0.25) is 0 Å². The van der Waals surface area contributed by atoms with Gasteiger partial charge in [0.2, 0.25) is 0 Å². The van der Waals surface area contributed by atoms with Crippen LogP contribution in [0.25, 0.3) is 0 Å². The summed E-state index contributed by atoms with van der Waals surface area (Å²) in [6.45, 7) is 6.85. The minimum absolute atomic E-state index is 0.406. The van der Waals surface area contributed by atoms with Gasteiger partial charge in [0.05, 0.1) is 18.8 Å². The number of rotatable bonds is 6. The lowest BCUT2D eigenvalue weighted by Gasteiger charge is -2.36. The number of hydrogen-bond donors (Lipinski definition) is 2. The first-order valence-electron chi connectivity index (χ1n) is 6.55. The zero-order valence-corrected chi connectivity index (χ0v) is 10.2. The molecular formula is C12H24N2O2. The standard InChI is InChI=1S/C12H24N2O2/c1-2-15-12-7-10(8-12)14-4-3-11-9-13-5-6-16-11/h10-14H,2-9H2,1H3. The zero-order chi connectivity index (χ0) is 11.2. The monoisotopic (exact) mass is 228 g/mol. The molecular weight excluding hydrogens is 204 g/mol. The molecule has 0 aromatic rings. The number of morpholine rings is 1. The Morgan fingerprint density at radius 2 is 2.31 bits per heavy atom. The molecule has 1 saturated heterocycles. The summed E-state index contributed by atoms with van der Waals surface area (Å²) in [4.78, 5) is 0. The highest BCUT2D eigenvalue weighted by atomic mass is 16.5. The normalized spacial score (nSPS) is 34.7. The Morgan fingerprint density at radius 1 is 1.44 bits per heavy atom.